The first-order chi connectivity index (χ1) is 9.49. The van der Waals surface area contributed by atoms with Crippen LogP contribution in [0.5, 0.6) is 0 Å². The van der Waals surface area contributed by atoms with Gasteiger partial charge in [0.25, 0.3) is 5.56 Å². The number of aromatic nitrogens is 2. The number of hydrogen-bond donors (Lipinski definition) is 0. The van der Waals surface area contributed by atoms with Gasteiger partial charge in [-0.1, -0.05) is 51.6 Å². The van der Waals surface area contributed by atoms with Crippen LogP contribution in [0.15, 0.2) is 34.2 Å². The van der Waals surface area contributed by atoms with Gasteiger partial charge in [0.1, 0.15) is 0 Å². The Labute approximate surface area is 124 Å². The molecule has 0 unspecified atom stereocenters. The number of rotatable bonds is 5. The average molecular weight is 290 g/mol. The standard InChI is InChI=1S/C16H22N2OS/c1-11(2)9-10-18-15(19)13-7-5-6-8-14(13)17-16(18)20-12(3)4/h5-8,11-12H,9-10H2,1-4H3. The number of fused-ring (bicyclic) bond motifs is 1. The fraction of sp³-hybridized carbons (Fsp3) is 0.500. The Morgan fingerprint density at radius 2 is 1.90 bits per heavy atom. The molecule has 0 atom stereocenters. The van der Waals surface area contributed by atoms with E-state index in [1.165, 1.54) is 0 Å². The zero-order valence-corrected chi connectivity index (χ0v) is 13.4. The lowest BCUT2D eigenvalue weighted by molar-refractivity contribution is 0.480. The third-order valence-corrected chi connectivity index (χ3v) is 4.09. The maximum atomic E-state index is 12.7. The molecule has 0 saturated carbocycles. The van der Waals surface area contributed by atoms with E-state index in [9.17, 15) is 4.79 Å². The molecule has 0 bridgehead atoms. The lowest BCUT2D eigenvalue weighted by Crippen LogP contribution is -2.24. The summed E-state index contributed by atoms with van der Waals surface area (Å²) < 4.78 is 1.84. The lowest BCUT2D eigenvalue weighted by atomic mass is 10.1. The van der Waals surface area contributed by atoms with Crippen LogP contribution in [0, 0.1) is 5.92 Å². The van der Waals surface area contributed by atoms with Gasteiger partial charge < -0.3 is 0 Å². The first-order valence-corrected chi connectivity index (χ1v) is 8.03. The van der Waals surface area contributed by atoms with Crippen LogP contribution in [-0.2, 0) is 6.54 Å². The summed E-state index contributed by atoms with van der Waals surface area (Å²) in [5, 5.41) is 1.96. The SMILES string of the molecule is CC(C)CCn1c(SC(C)C)nc2ccccc2c1=O. The van der Waals surface area contributed by atoms with Gasteiger partial charge in [-0.2, -0.15) is 0 Å². The van der Waals surface area contributed by atoms with Gasteiger partial charge in [0.05, 0.1) is 10.9 Å². The molecule has 0 saturated heterocycles. The Hall–Kier alpha value is -1.29. The van der Waals surface area contributed by atoms with E-state index in [4.69, 9.17) is 0 Å². The molecular weight excluding hydrogens is 268 g/mol. The van der Waals surface area contributed by atoms with Gasteiger partial charge in [-0.3, -0.25) is 9.36 Å². The van der Waals surface area contributed by atoms with E-state index < -0.39 is 0 Å². The topological polar surface area (TPSA) is 34.9 Å². The van der Waals surface area contributed by atoms with Gasteiger partial charge in [0.2, 0.25) is 0 Å². The molecule has 0 radical (unpaired) electrons. The summed E-state index contributed by atoms with van der Waals surface area (Å²) in [5.41, 5.74) is 0.876. The Morgan fingerprint density at radius 3 is 2.55 bits per heavy atom. The molecular formula is C16H22N2OS. The Bertz CT molecular complexity index is 646. The molecule has 1 aromatic heterocycles. The lowest BCUT2D eigenvalue weighted by Gasteiger charge is -2.15. The third kappa shape index (κ3) is 3.42. The van der Waals surface area contributed by atoms with Gasteiger partial charge in [0, 0.05) is 11.8 Å². The molecule has 0 spiro atoms. The summed E-state index contributed by atoms with van der Waals surface area (Å²) >= 11 is 1.66. The molecule has 3 nitrogen and oxygen atoms in total. The second kappa shape index (κ2) is 6.44. The van der Waals surface area contributed by atoms with Crippen molar-refractivity contribution in [2.24, 2.45) is 5.92 Å². The molecule has 1 aromatic carbocycles. The minimum Gasteiger partial charge on any atom is -0.287 e. The van der Waals surface area contributed by atoms with Crippen molar-refractivity contribution in [1.29, 1.82) is 0 Å². The van der Waals surface area contributed by atoms with Crippen LogP contribution in [0.2, 0.25) is 0 Å². The fourth-order valence-electron chi connectivity index (χ4n) is 2.03. The normalized spacial score (nSPS) is 11.7. The van der Waals surface area contributed by atoms with Gasteiger partial charge in [-0.25, -0.2) is 4.98 Å². The number of benzene rings is 1. The highest BCUT2D eigenvalue weighted by atomic mass is 32.2. The number of nitrogens with zero attached hydrogens (tertiary/aromatic N) is 2. The number of para-hydroxylation sites is 1. The highest BCUT2D eigenvalue weighted by Crippen LogP contribution is 2.22. The van der Waals surface area contributed by atoms with Crippen LogP contribution in [0.3, 0.4) is 0 Å². The summed E-state index contributed by atoms with van der Waals surface area (Å²) in [6.07, 6.45) is 0.992. The molecule has 2 rings (SSSR count). The fourth-order valence-corrected chi connectivity index (χ4v) is 2.91. The number of hydrogen-bond acceptors (Lipinski definition) is 3. The summed E-state index contributed by atoms with van der Waals surface area (Å²) in [7, 11) is 0. The van der Waals surface area contributed by atoms with E-state index in [2.05, 4.69) is 32.7 Å². The van der Waals surface area contributed by atoms with Crippen molar-refractivity contribution in [3.8, 4) is 0 Å². The maximum absolute atomic E-state index is 12.7. The van der Waals surface area contributed by atoms with E-state index in [1.807, 2.05) is 28.8 Å². The monoisotopic (exact) mass is 290 g/mol. The van der Waals surface area contributed by atoms with Gasteiger partial charge in [-0.15, -0.1) is 0 Å². The molecule has 4 heteroatoms. The molecule has 2 aromatic rings. The van der Waals surface area contributed by atoms with E-state index in [0.717, 1.165) is 23.6 Å². The molecule has 0 aliphatic carbocycles. The van der Waals surface area contributed by atoms with Crippen molar-refractivity contribution in [1.82, 2.24) is 9.55 Å². The van der Waals surface area contributed by atoms with E-state index >= 15 is 0 Å². The zero-order valence-electron chi connectivity index (χ0n) is 12.6. The van der Waals surface area contributed by atoms with Crippen LogP contribution in [0.4, 0.5) is 0 Å². The predicted molar refractivity (Wildman–Crippen MR) is 86.5 cm³/mol. The van der Waals surface area contributed by atoms with E-state index in [-0.39, 0.29) is 5.56 Å². The quantitative estimate of drug-likeness (QED) is 0.618. The van der Waals surface area contributed by atoms with E-state index in [0.29, 0.717) is 16.6 Å². The Kier molecular flexibility index (Phi) is 4.86. The molecule has 20 heavy (non-hydrogen) atoms. The second-order valence-corrected chi connectivity index (χ2v) is 7.26. The summed E-state index contributed by atoms with van der Waals surface area (Å²) in [6, 6.07) is 7.60. The molecule has 0 amide bonds. The van der Waals surface area contributed by atoms with Crippen LogP contribution >= 0.6 is 11.8 Å². The maximum Gasteiger partial charge on any atom is 0.262 e. The smallest absolute Gasteiger partial charge is 0.262 e. The molecule has 0 aliphatic rings. The minimum absolute atomic E-state index is 0.0828. The number of thioether (sulfide) groups is 1. The summed E-state index contributed by atoms with van der Waals surface area (Å²) in [5.74, 6) is 0.574. The van der Waals surface area contributed by atoms with Crippen molar-refractivity contribution < 1.29 is 0 Å². The van der Waals surface area contributed by atoms with E-state index in [1.54, 1.807) is 11.8 Å². The minimum atomic E-state index is 0.0828. The van der Waals surface area contributed by atoms with Gasteiger partial charge in [-0.05, 0) is 24.5 Å². The first kappa shape index (κ1) is 15.1. The summed E-state index contributed by atoms with van der Waals surface area (Å²) in [4.78, 5) is 17.3. The molecule has 0 fully saturated rings. The predicted octanol–water partition coefficient (Wildman–Crippen LogP) is 3.94. The van der Waals surface area contributed by atoms with Crippen LogP contribution in [-0.4, -0.2) is 14.8 Å². The largest absolute Gasteiger partial charge is 0.287 e. The first-order valence-electron chi connectivity index (χ1n) is 7.15. The molecule has 0 aliphatic heterocycles. The summed E-state index contributed by atoms with van der Waals surface area (Å²) in [6.45, 7) is 9.34. The average Bonchev–Trinajstić information content (AvgIpc) is 2.37. The molecule has 1 heterocycles. The van der Waals surface area contributed by atoms with Crippen molar-refractivity contribution in [3.63, 3.8) is 0 Å². The van der Waals surface area contributed by atoms with Crippen LogP contribution in [0.25, 0.3) is 10.9 Å². The Balaban J connectivity index is 2.54. The third-order valence-electron chi connectivity index (χ3n) is 3.10. The van der Waals surface area contributed by atoms with Crippen molar-refractivity contribution in [3.05, 3.63) is 34.6 Å². The van der Waals surface area contributed by atoms with Crippen LogP contribution < -0.4 is 5.56 Å². The van der Waals surface area contributed by atoms with Gasteiger partial charge in [0.15, 0.2) is 5.16 Å². The molecule has 108 valence electrons. The molecule has 0 N–H and O–H groups in total. The second-order valence-electron chi connectivity index (χ2n) is 5.72. The van der Waals surface area contributed by atoms with Crippen LogP contribution in [0.1, 0.15) is 34.1 Å². The zero-order chi connectivity index (χ0) is 14.7. The van der Waals surface area contributed by atoms with Crippen molar-refractivity contribution in [2.45, 2.75) is 51.1 Å². The van der Waals surface area contributed by atoms with Crippen molar-refractivity contribution in [2.75, 3.05) is 0 Å². The van der Waals surface area contributed by atoms with Crippen molar-refractivity contribution >= 4 is 22.7 Å². The Morgan fingerprint density at radius 1 is 1.20 bits per heavy atom. The van der Waals surface area contributed by atoms with Gasteiger partial charge >= 0.3 is 0 Å². The highest BCUT2D eigenvalue weighted by Gasteiger charge is 2.12. The highest BCUT2D eigenvalue weighted by molar-refractivity contribution is 7.99.